The zero-order valence-electron chi connectivity index (χ0n) is 12.4. The fourth-order valence-electron chi connectivity index (χ4n) is 1.57. The van der Waals surface area contributed by atoms with Gasteiger partial charge in [0.05, 0.1) is 5.41 Å². The average molecular weight is 278 g/mol. The molecule has 1 aromatic rings. The fourth-order valence-corrected chi connectivity index (χ4v) is 1.57. The molecule has 0 aliphatic carbocycles. The molecule has 1 rings (SSSR count). The summed E-state index contributed by atoms with van der Waals surface area (Å²) in [6.45, 7) is 7.93. The minimum atomic E-state index is -0.946. The summed E-state index contributed by atoms with van der Waals surface area (Å²) in [5.41, 5.74) is 0.382. The Bertz CT molecular complexity index is 478. The molecule has 0 spiro atoms. The Labute approximate surface area is 119 Å². The van der Waals surface area contributed by atoms with Gasteiger partial charge in [-0.05, 0) is 37.5 Å². The topological polar surface area (TPSA) is 78.4 Å². The van der Waals surface area contributed by atoms with Gasteiger partial charge in [0.2, 0.25) is 0 Å². The van der Waals surface area contributed by atoms with Gasteiger partial charge in [0.1, 0.15) is 0 Å². The number of carboxylic acid groups (broad SMARTS) is 1. The van der Waals surface area contributed by atoms with Crippen LogP contribution in [-0.4, -0.2) is 23.7 Å². The van der Waals surface area contributed by atoms with Crippen molar-refractivity contribution >= 4 is 17.7 Å². The first-order chi connectivity index (χ1) is 9.23. The lowest BCUT2D eigenvalue weighted by atomic mass is 9.85. The van der Waals surface area contributed by atoms with Gasteiger partial charge in [0, 0.05) is 12.2 Å². The number of anilines is 1. The number of rotatable bonds is 5. The molecule has 0 saturated carbocycles. The van der Waals surface area contributed by atoms with Crippen LogP contribution in [-0.2, 0) is 10.2 Å². The monoisotopic (exact) mass is 278 g/mol. The normalized spacial score (nSPS) is 11.2. The standard InChI is InChI=1S/C15H22N2O3/c1-10(2)9-16-14(20)17-12-7-5-11(6-8-12)15(3,4)13(18)19/h5-8,10H,9H2,1-4H3,(H,18,19)(H2,16,17,20). The molecular weight excluding hydrogens is 256 g/mol. The number of urea groups is 1. The second-order valence-corrected chi connectivity index (χ2v) is 5.74. The molecular formula is C15H22N2O3. The Balaban J connectivity index is 2.68. The number of carbonyl (C=O) groups excluding carboxylic acids is 1. The third kappa shape index (κ3) is 4.26. The molecule has 2 amide bonds. The minimum absolute atomic E-state index is 0.260. The molecule has 110 valence electrons. The van der Waals surface area contributed by atoms with Crippen LogP contribution in [0.4, 0.5) is 10.5 Å². The fraction of sp³-hybridized carbons (Fsp3) is 0.467. The molecule has 0 bridgehead atoms. The van der Waals surface area contributed by atoms with E-state index in [1.807, 2.05) is 13.8 Å². The summed E-state index contributed by atoms with van der Waals surface area (Å²) in [6.07, 6.45) is 0. The average Bonchev–Trinajstić information content (AvgIpc) is 2.37. The number of hydrogen-bond donors (Lipinski definition) is 3. The Kier molecular flexibility index (Phi) is 5.13. The van der Waals surface area contributed by atoms with Crippen molar-refractivity contribution in [3.8, 4) is 0 Å². The summed E-state index contributed by atoms with van der Waals surface area (Å²) < 4.78 is 0. The van der Waals surface area contributed by atoms with Gasteiger partial charge in [-0.15, -0.1) is 0 Å². The predicted octanol–water partition coefficient (Wildman–Crippen LogP) is 2.83. The number of hydrogen-bond acceptors (Lipinski definition) is 2. The Morgan fingerprint density at radius 2 is 1.75 bits per heavy atom. The van der Waals surface area contributed by atoms with E-state index in [0.717, 1.165) is 0 Å². The molecule has 20 heavy (non-hydrogen) atoms. The maximum absolute atomic E-state index is 11.6. The van der Waals surface area contributed by atoms with Crippen molar-refractivity contribution in [2.45, 2.75) is 33.1 Å². The van der Waals surface area contributed by atoms with Gasteiger partial charge in [-0.25, -0.2) is 4.79 Å². The first-order valence-electron chi connectivity index (χ1n) is 6.62. The zero-order valence-corrected chi connectivity index (χ0v) is 12.4. The quantitative estimate of drug-likeness (QED) is 0.775. The third-order valence-electron chi connectivity index (χ3n) is 3.07. The summed E-state index contributed by atoms with van der Waals surface area (Å²) in [6, 6.07) is 6.58. The first kappa shape index (κ1) is 16.0. The Morgan fingerprint density at radius 3 is 2.20 bits per heavy atom. The number of carboxylic acids is 1. The summed E-state index contributed by atoms with van der Waals surface area (Å²) in [7, 11) is 0. The summed E-state index contributed by atoms with van der Waals surface area (Å²) in [4.78, 5) is 22.7. The van der Waals surface area contributed by atoms with Gasteiger partial charge in [-0.1, -0.05) is 26.0 Å². The van der Waals surface area contributed by atoms with Crippen LogP contribution in [0.15, 0.2) is 24.3 Å². The van der Waals surface area contributed by atoms with Gasteiger partial charge in [0.25, 0.3) is 0 Å². The van der Waals surface area contributed by atoms with Crippen LogP contribution in [0.1, 0.15) is 33.3 Å². The number of nitrogens with one attached hydrogen (secondary N) is 2. The van der Waals surface area contributed by atoms with E-state index < -0.39 is 11.4 Å². The molecule has 5 nitrogen and oxygen atoms in total. The van der Waals surface area contributed by atoms with E-state index in [0.29, 0.717) is 23.7 Å². The highest BCUT2D eigenvalue weighted by molar-refractivity contribution is 5.89. The van der Waals surface area contributed by atoms with Gasteiger partial charge in [0.15, 0.2) is 0 Å². The molecule has 0 fully saturated rings. The largest absolute Gasteiger partial charge is 0.481 e. The molecule has 0 radical (unpaired) electrons. The summed E-state index contributed by atoms with van der Waals surface area (Å²) in [5, 5.41) is 14.6. The predicted molar refractivity (Wildman–Crippen MR) is 79.0 cm³/mol. The smallest absolute Gasteiger partial charge is 0.319 e. The van der Waals surface area contributed by atoms with Crippen LogP contribution in [0.3, 0.4) is 0 Å². The lowest BCUT2D eigenvalue weighted by Crippen LogP contribution is -2.31. The van der Waals surface area contributed by atoms with Crippen molar-refractivity contribution in [3.05, 3.63) is 29.8 Å². The highest BCUT2D eigenvalue weighted by atomic mass is 16.4. The third-order valence-corrected chi connectivity index (χ3v) is 3.07. The van der Waals surface area contributed by atoms with E-state index in [2.05, 4.69) is 10.6 Å². The SMILES string of the molecule is CC(C)CNC(=O)Nc1ccc(C(C)(C)C(=O)O)cc1. The zero-order chi connectivity index (χ0) is 15.3. The van der Waals surface area contributed by atoms with E-state index in [4.69, 9.17) is 5.11 Å². The van der Waals surface area contributed by atoms with Gasteiger partial charge in [-0.2, -0.15) is 0 Å². The molecule has 3 N–H and O–H groups in total. The van der Waals surface area contributed by atoms with Crippen molar-refractivity contribution in [3.63, 3.8) is 0 Å². The highest BCUT2D eigenvalue weighted by Gasteiger charge is 2.29. The Morgan fingerprint density at radius 1 is 1.20 bits per heavy atom. The maximum Gasteiger partial charge on any atom is 0.319 e. The number of amides is 2. The molecule has 5 heteroatoms. The van der Waals surface area contributed by atoms with Crippen LogP contribution in [0.5, 0.6) is 0 Å². The lowest BCUT2D eigenvalue weighted by molar-refractivity contribution is -0.142. The number of benzene rings is 1. The van der Waals surface area contributed by atoms with E-state index >= 15 is 0 Å². The molecule has 0 saturated heterocycles. The van der Waals surface area contributed by atoms with Crippen LogP contribution >= 0.6 is 0 Å². The molecule has 1 aromatic carbocycles. The van der Waals surface area contributed by atoms with Crippen molar-refractivity contribution in [1.82, 2.24) is 5.32 Å². The second kappa shape index (κ2) is 6.41. The van der Waals surface area contributed by atoms with Gasteiger partial charge in [-0.3, -0.25) is 4.79 Å². The lowest BCUT2D eigenvalue weighted by Gasteiger charge is -2.20. The van der Waals surface area contributed by atoms with E-state index in [9.17, 15) is 9.59 Å². The van der Waals surface area contributed by atoms with Crippen LogP contribution < -0.4 is 10.6 Å². The number of aliphatic carboxylic acids is 1. The second-order valence-electron chi connectivity index (χ2n) is 5.74. The van der Waals surface area contributed by atoms with Crippen LogP contribution in [0, 0.1) is 5.92 Å². The summed E-state index contributed by atoms with van der Waals surface area (Å²) in [5.74, 6) is -0.493. The maximum atomic E-state index is 11.6. The molecule has 0 aliphatic rings. The van der Waals surface area contributed by atoms with Crippen molar-refractivity contribution in [2.75, 3.05) is 11.9 Å². The van der Waals surface area contributed by atoms with Crippen molar-refractivity contribution in [2.24, 2.45) is 5.92 Å². The highest BCUT2D eigenvalue weighted by Crippen LogP contribution is 2.24. The van der Waals surface area contributed by atoms with Crippen LogP contribution in [0.2, 0.25) is 0 Å². The van der Waals surface area contributed by atoms with Crippen molar-refractivity contribution in [1.29, 1.82) is 0 Å². The summed E-state index contributed by atoms with van der Waals surface area (Å²) >= 11 is 0. The van der Waals surface area contributed by atoms with Crippen molar-refractivity contribution < 1.29 is 14.7 Å². The Hall–Kier alpha value is -2.04. The molecule has 0 heterocycles. The van der Waals surface area contributed by atoms with E-state index in [1.54, 1.807) is 38.1 Å². The van der Waals surface area contributed by atoms with E-state index in [-0.39, 0.29) is 6.03 Å². The first-order valence-corrected chi connectivity index (χ1v) is 6.62. The minimum Gasteiger partial charge on any atom is -0.481 e. The van der Waals surface area contributed by atoms with Crippen LogP contribution in [0.25, 0.3) is 0 Å². The van der Waals surface area contributed by atoms with Gasteiger partial charge >= 0.3 is 12.0 Å². The van der Waals surface area contributed by atoms with E-state index in [1.165, 1.54) is 0 Å². The van der Waals surface area contributed by atoms with Gasteiger partial charge < -0.3 is 15.7 Å². The molecule has 0 aliphatic heterocycles. The molecule has 0 aromatic heterocycles. The number of carbonyl (C=O) groups is 2. The molecule has 0 unspecified atom stereocenters. The molecule has 0 atom stereocenters.